The molecule has 178 valence electrons. The van der Waals surface area contributed by atoms with Crippen molar-refractivity contribution in [2.24, 2.45) is 18.2 Å². The summed E-state index contributed by atoms with van der Waals surface area (Å²) >= 11 is 0. The SMILES string of the molecule is CCn1cc2cc(-c3c[nH]c4nc(N5CCC6(CC5)COC[C@H]6N)n(C)c(=O)c34)cc(F)c2n1. The van der Waals surface area contributed by atoms with Crippen LogP contribution in [0.5, 0.6) is 0 Å². The van der Waals surface area contributed by atoms with E-state index >= 15 is 0 Å². The highest BCUT2D eigenvalue weighted by Crippen LogP contribution is 2.39. The smallest absolute Gasteiger partial charge is 0.264 e. The Kier molecular flexibility index (Phi) is 4.79. The van der Waals surface area contributed by atoms with Gasteiger partial charge in [-0.1, -0.05) is 0 Å². The molecule has 2 fully saturated rings. The average Bonchev–Trinajstić information content (AvgIpc) is 3.54. The fraction of sp³-hybridized carbons (Fsp3) is 0.458. The second kappa shape index (κ2) is 7.64. The number of hydrogen-bond donors (Lipinski definition) is 2. The Labute approximate surface area is 195 Å². The summed E-state index contributed by atoms with van der Waals surface area (Å²) in [6.45, 7) is 5.44. The van der Waals surface area contributed by atoms with Gasteiger partial charge in [-0.15, -0.1) is 0 Å². The number of hydrogen-bond acceptors (Lipinski definition) is 6. The van der Waals surface area contributed by atoms with Crippen molar-refractivity contribution >= 4 is 27.9 Å². The molecule has 2 saturated heterocycles. The molecule has 9 nitrogen and oxygen atoms in total. The topological polar surface area (TPSA) is 107 Å². The zero-order valence-corrected chi connectivity index (χ0v) is 19.3. The van der Waals surface area contributed by atoms with E-state index in [4.69, 9.17) is 15.5 Å². The Balaban J connectivity index is 1.38. The van der Waals surface area contributed by atoms with E-state index in [1.165, 1.54) is 6.07 Å². The van der Waals surface area contributed by atoms with Crippen molar-refractivity contribution in [1.82, 2.24) is 24.3 Å². The van der Waals surface area contributed by atoms with Crippen molar-refractivity contribution in [2.75, 3.05) is 31.2 Å². The molecule has 0 saturated carbocycles. The van der Waals surface area contributed by atoms with Crippen LogP contribution in [0.4, 0.5) is 10.3 Å². The average molecular weight is 466 g/mol. The van der Waals surface area contributed by atoms with Crippen LogP contribution in [-0.2, 0) is 18.3 Å². The number of nitrogens with zero attached hydrogens (tertiary/aromatic N) is 5. The molecule has 0 unspecified atom stereocenters. The maximum Gasteiger partial charge on any atom is 0.264 e. The number of H-pyrrole nitrogens is 1. The molecule has 3 aromatic heterocycles. The number of rotatable bonds is 3. The molecule has 0 radical (unpaired) electrons. The van der Waals surface area contributed by atoms with Crippen molar-refractivity contribution in [3.05, 3.63) is 40.7 Å². The van der Waals surface area contributed by atoms with Crippen molar-refractivity contribution in [3.63, 3.8) is 0 Å². The first-order valence-corrected chi connectivity index (χ1v) is 11.7. The molecule has 0 amide bonds. The first kappa shape index (κ1) is 21.3. The number of aromatic nitrogens is 5. The third kappa shape index (κ3) is 3.08. The van der Waals surface area contributed by atoms with E-state index in [0.29, 0.717) is 58.8 Å². The van der Waals surface area contributed by atoms with Gasteiger partial charge in [-0.3, -0.25) is 14.0 Å². The number of ether oxygens (including phenoxy) is 1. The van der Waals surface area contributed by atoms with Crippen LogP contribution in [0.1, 0.15) is 19.8 Å². The van der Waals surface area contributed by atoms with Crippen molar-refractivity contribution < 1.29 is 9.13 Å². The van der Waals surface area contributed by atoms with E-state index in [9.17, 15) is 9.18 Å². The van der Waals surface area contributed by atoms with Crippen LogP contribution in [0.2, 0.25) is 0 Å². The largest absolute Gasteiger partial charge is 0.379 e. The maximum atomic E-state index is 14.8. The van der Waals surface area contributed by atoms with Gasteiger partial charge in [0, 0.05) is 61.5 Å². The predicted molar refractivity (Wildman–Crippen MR) is 128 cm³/mol. The normalized spacial score (nSPS) is 20.2. The lowest BCUT2D eigenvalue weighted by atomic mass is 9.75. The number of aromatic amines is 1. The van der Waals surface area contributed by atoms with Gasteiger partial charge in [-0.05, 0) is 37.5 Å². The number of halogens is 1. The van der Waals surface area contributed by atoms with E-state index in [0.717, 1.165) is 25.9 Å². The second-order valence-corrected chi connectivity index (χ2v) is 9.55. The van der Waals surface area contributed by atoms with Gasteiger partial charge < -0.3 is 20.4 Å². The first-order chi connectivity index (χ1) is 16.4. The highest BCUT2D eigenvalue weighted by Gasteiger charge is 2.44. The minimum Gasteiger partial charge on any atom is -0.379 e. The summed E-state index contributed by atoms with van der Waals surface area (Å²) in [6, 6.07) is 3.36. The van der Waals surface area contributed by atoms with Crippen molar-refractivity contribution in [3.8, 4) is 11.1 Å². The van der Waals surface area contributed by atoms with Gasteiger partial charge >= 0.3 is 0 Å². The summed E-state index contributed by atoms with van der Waals surface area (Å²) in [5.74, 6) is 0.214. The van der Waals surface area contributed by atoms with E-state index in [-0.39, 0.29) is 17.0 Å². The zero-order chi connectivity index (χ0) is 23.6. The van der Waals surface area contributed by atoms with Crippen LogP contribution in [0, 0.1) is 11.2 Å². The highest BCUT2D eigenvalue weighted by molar-refractivity contribution is 5.96. The third-order valence-corrected chi connectivity index (χ3v) is 7.65. The van der Waals surface area contributed by atoms with Crippen LogP contribution in [0.3, 0.4) is 0 Å². The predicted octanol–water partition coefficient (Wildman–Crippen LogP) is 2.38. The van der Waals surface area contributed by atoms with Crippen LogP contribution in [0.15, 0.2) is 29.3 Å². The van der Waals surface area contributed by atoms with Crippen LogP contribution in [-0.4, -0.2) is 56.7 Å². The highest BCUT2D eigenvalue weighted by atomic mass is 19.1. The van der Waals surface area contributed by atoms with Gasteiger partial charge in [0.2, 0.25) is 5.95 Å². The fourth-order valence-corrected chi connectivity index (χ4v) is 5.46. The molecule has 1 atom stereocenters. The molecule has 0 aliphatic carbocycles. The number of nitrogens with one attached hydrogen (secondary N) is 1. The van der Waals surface area contributed by atoms with Gasteiger partial charge in [0.05, 0.1) is 18.6 Å². The molecular formula is C24H28FN7O2. The van der Waals surface area contributed by atoms with Crippen LogP contribution < -0.4 is 16.2 Å². The quantitative estimate of drug-likeness (QED) is 0.481. The summed E-state index contributed by atoms with van der Waals surface area (Å²) in [4.78, 5) is 23.6. The van der Waals surface area contributed by atoms with Gasteiger partial charge in [-0.25, -0.2) is 4.39 Å². The summed E-state index contributed by atoms with van der Waals surface area (Å²) in [7, 11) is 1.74. The van der Waals surface area contributed by atoms with Gasteiger partial charge in [0.1, 0.15) is 11.2 Å². The standard InChI is InChI=1S/C24H28FN7O2/c1-3-32-11-15-8-14(9-17(25)20(15)29-32)16-10-27-21-19(16)22(33)30(2)23(28-21)31-6-4-24(5-7-31)13-34-12-18(24)26/h8-11,18,27H,3-7,12-13,26H2,1-2H3/t18-/m1/s1. The lowest BCUT2D eigenvalue weighted by Gasteiger charge is -2.41. The van der Waals surface area contributed by atoms with Crippen LogP contribution >= 0.6 is 0 Å². The van der Waals surface area contributed by atoms with E-state index in [1.54, 1.807) is 22.5 Å². The lowest BCUT2D eigenvalue weighted by molar-refractivity contribution is 0.131. The molecular weight excluding hydrogens is 437 g/mol. The number of fused-ring (bicyclic) bond motifs is 2. The van der Waals surface area contributed by atoms with Gasteiger partial charge in [0.15, 0.2) is 5.82 Å². The summed E-state index contributed by atoms with van der Waals surface area (Å²) < 4.78 is 23.7. The number of benzene rings is 1. The maximum absolute atomic E-state index is 14.8. The molecule has 5 heterocycles. The Bertz CT molecular complexity index is 1460. The number of piperidine rings is 1. The molecule has 2 aliphatic heterocycles. The monoisotopic (exact) mass is 465 g/mol. The molecule has 34 heavy (non-hydrogen) atoms. The Morgan fingerprint density at radius 3 is 2.82 bits per heavy atom. The van der Waals surface area contributed by atoms with Crippen molar-refractivity contribution in [1.29, 1.82) is 0 Å². The number of nitrogens with two attached hydrogens (primary N) is 1. The molecule has 2 aliphatic rings. The number of anilines is 1. The van der Waals surface area contributed by atoms with E-state index in [2.05, 4.69) is 15.0 Å². The second-order valence-electron chi connectivity index (χ2n) is 9.55. The molecule has 1 spiro atoms. The van der Waals surface area contributed by atoms with E-state index in [1.807, 2.05) is 19.2 Å². The molecule has 1 aromatic carbocycles. The minimum atomic E-state index is -0.410. The minimum absolute atomic E-state index is 0.0212. The fourth-order valence-electron chi connectivity index (χ4n) is 5.46. The number of aryl methyl sites for hydroxylation is 1. The third-order valence-electron chi connectivity index (χ3n) is 7.65. The summed E-state index contributed by atoms with van der Waals surface area (Å²) in [6.07, 6.45) is 5.36. The molecule has 3 N–H and O–H groups in total. The van der Waals surface area contributed by atoms with E-state index < -0.39 is 5.82 Å². The Hall–Kier alpha value is -3.24. The van der Waals surface area contributed by atoms with Crippen LogP contribution in [0.25, 0.3) is 33.1 Å². The molecule has 4 aromatic rings. The zero-order valence-electron chi connectivity index (χ0n) is 19.3. The molecule has 0 bridgehead atoms. The molecule has 6 rings (SSSR count). The van der Waals surface area contributed by atoms with Gasteiger partial charge in [-0.2, -0.15) is 10.1 Å². The van der Waals surface area contributed by atoms with Gasteiger partial charge in [0.25, 0.3) is 5.56 Å². The van der Waals surface area contributed by atoms with Crippen molar-refractivity contribution in [2.45, 2.75) is 32.4 Å². The molecule has 10 heteroatoms. The Morgan fingerprint density at radius 1 is 1.32 bits per heavy atom. The lowest BCUT2D eigenvalue weighted by Crippen LogP contribution is -2.50. The summed E-state index contributed by atoms with van der Waals surface area (Å²) in [5, 5.41) is 5.43. The Morgan fingerprint density at radius 2 is 2.12 bits per heavy atom. The first-order valence-electron chi connectivity index (χ1n) is 11.7. The summed E-state index contributed by atoms with van der Waals surface area (Å²) in [5.41, 5.74) is 8.25.